The van der Waals surface area contributed by atoms with Gasteiger partial charge in [0.15, 0.2) is 0 Å². The number of ether oxygens (including phenoxy) is 1. The summed E-state index contributed by atoms with van der Waals surface area (Å²) in [5.41, 5.74) is 0. The van der Waals surface area contributed by atoms with Gasteiger partial charge >= 0.3 is 6.09 Å². The Kier molecular flexibility index (Phi) is 5.65. The summed E-state index contributed by atoms with van der Waals surface area (Å²) in [6, 6.07) is 2.13. The third kappa shape index (κ3) is 4.66. The molecule has 24 heavy (non-hydrogen) atoms. The Morgan fingerprint density at radius 1 is 1.38 bits per heavy atom. The largest absolute Gasteiger partial charge is 0.447 e. The quantitative estimate of drug-likeness (QED) is 0.758. The van der Waals surface area contributed by atoms with Gasteiger partial charge in [-0.2, -0.15) is 5.10 Å². The molecule has 0 saturated heterocycles. The topological polar surface area (TPSA) is 91.4 Å². The van der Waals surface area contributed by atoms with Crippen LogP contribution in [-0.2, 0) is 4.74 Å². The Hall–Kier alpha value is -1.70. The molecule has 7 nitrogen and oxygen atoms in total. The summed E-state index contributed by atoms with van der Waals surface area (Å²) in [4.78, 5) is 16.5. The number of hydrogen-bond donors (Lipinski definition) is 3. The lowest BCUT2D eigenvalue weighted by atomic mass is 9.86. The van der Waals surface area contributed by atoms with Crippen molar-refractivity contribution in [2.24, 2.45) is 10.9 Å². The van der Waals surface area contributed by atoms with E-state index in [2.05, 4.69) is 20.8 Å². The first-order valence-corrected chi connectivity index (χ1v) is 9.52. The third-order valence-corrected chi connectivity index (χ3v) is 5.45. The van der Waals surface area contributed by atoms with E-state index in [1.54, 1.807) is 6.20 Å². The Bertz CT molecular complexity index is 567. The van der Waals surface area contributed by atoms with Gasteiger partial charge in [-0.05, 0) is 45.6 Å². The lowest BCUT2D eigenvalue weighted by Crippen LogP contribution is -2.39. The molecule has 1 aromatic heterocycles. The molecule has 1 aliphatic carbocycles. The highest BCUT2D eigenvalue weighted by Crippen LogP contribution is 2.33. The molecule has 3 N–H and O–H groups in total. The van der Waals surface area contributed by atoms with Crippen LogP contribution in [0.25, 0.3) is 0 Å². The van der Waals surface area contributed by atoms with Crippen LogP contribution in [0.15, 0.2) is 17.3 Å². The number of thioether (sulfide) groups is 1. The minimum absolute atomic E-state index is 0.0791. The van der Waals surface area contributed by atoms with Gasteiger partial charge in [-0.1, -0.05) is 0 Å². The summed E-state index contributed by atoms with van der Waals surface area (Å²) >= 11 is 1.84. The van der Waals surface area contributed by atoms with Crippen molar-refractivity contribution >= 4 is 28.7 Å². The average molecular weight is 351 g/mol. The molecule has 8 heteroatoms. The normalized spacial score (nSPS) is 27.0. The Morgan fingerprint density at radius 3 is 2.83 bits per heavy atom. The number of alkyl carbamates (subject to hydrolysis) is 1. The van der Waals surface area contributed by atoms with E-state index in [9.17, 15) is 4.79 Å². The first-order chi connectivity index (χ1) is 11.6. The molecule has 1 unspecified atom stereocenters. The van der Waals surface area contributed by atoms with Crippen molar-refractivity contribution in [2.45, 2.75) is 57.8 Å². The molecule has 0 bridgehead atoms. The molecule has 1 saturated carbocycles. The van der Waals surface area contributed by atoms with Gasteiger partial charge in [-0.15, -0.1) is 11.8 Å². The molecular weight excluding hydrogens is 326 g/mol. The molecule has 1 fully saturated rings. The van der Waals surface area contributed by atoms with Gasteiger partial charge in [0.05, 0.1) is 11.1 Å². The van der Waals surface area contributed by atoms with E-state index < -0.39 is 0 Å². The van der Waals surface area contributed by atoms with E-state index in [1.807, 2.05) is 31.7 Å². The lowest BCUT2D eigenvalue weighted by molar-refractivity contribution is 0.109. The monoisotopic (exact) mass is 351 g/mol. The number of anilines is 1. The third-order valence-electron chi connectivity index (χ3n) is 4.23. The van der Waals surface area contributed by atoms with E-state index in [0.717, 1.165) is 37.3 Å². The molecule has 1 aromatic rings. The summed E-state index contributed by atoms with van der Waals surface area (Å²) in [6.07, 6.45) is 5.61. The highest BCUT2D eigenvalue weighted by atomic mass is 32.2. The molecule has 0 spiro atoms. The van der Waals surface area contributed by atoms with Crippen molar-refractivity contribution < 1.29 is 9.53 Å². The minimum Gasteiger partial charge on any atom is -0.447 e. The van der Waals surface area contributed by atoms with Crippen molar-refractivity contribution in [1.82, 2.24) is 15.5 Å². The fourth-order valence-corrected chi connectivity index (χ4v) is 4.26. The SMILES string of the molecule is CC(C)OC(=O)NC1CCC(C2=NC(Nc3cc[nH]n3)CS2)CC1. The number of nitrogens with zero attached hydrogens (tertiary/aromatic N) is 2. The standard InChI is InChI=1S/C16H25N5O2S/c1-10(2)23-16(22)18-12-5-3-11(4-6-12)15-20-14(9-24-15)19-13-7-8-17-21-13/h7-8,10-12,14H,3-6,9H2,1-2H3,(H,18,22)(H2,17,19,21). The molecule has 0 radical (unpaired) electrons. The molecule has 0 aromatic carbocycles. The second-order valence-electron chi connectivity index (χ2n) is 6.54. The molecule has 1 atom stereocenters. The minimum atomic E-state index is -0.302. The number of aromatic nitrogens is 2. The highest BCUT2D eigenvalue weighted by molar-refractivity contribution is 8.14. The Morgan fingerprint density at radius 2 is 2.17 bits per heavy atom. The molecule has 1 aliphatic heterocycles. The zero-order valence-corrected chi connectivity index (χ0v) is 14.9. The maximum Gasteiger partial charge on any atom is 0.407 e. The van der Waals surface area contributed by atoms with Crippen LogP contribution in [-0.4, -0.2) is 45.4 Å². The maximum absolute atomic E-state index is 11.7. The molecule has 132 valence electrons. The fraction of sp³-hybridized carbons (Fsp3) is 0.688. The van der Waals surface area contributed by atoms with Crippen LogP contribution in [0.5, 0.6) is 0 Å². The van der Waals surface area contributed by atoms with Crippen molar-refractivity contribution in [3.63, 3.8) is 0 Å². The van der Waals surface area contributed by atoms with Crippen molar-refractivity contribution in [3.8, 4) is 0 Å². The highest BCUT2D eigenvalue weighted by Gasteiger charge is 2.30. The van der Waals surface area contributed by atoms with Gasteiger partial charge in [0.25, 0.3) is 0 Å². The average Bonchev–Trinajstić information content (AvgIpc) is 3.19. The van der Waals surface area contributed by atoms with Crippen molar-refractivity contribution in [1.29, 1.82) is 0 Å². The summed E-state index contributed by atoms with van der Waals surface area (Å²) in [6.45, 7) is 3.72. The lowest BCUT2D eigenvalue weighted by Gasteiger charge is -2.28. The van der Waals surface area contributed by atoms with Gasteiger partial charge in [-0.3, -0.25) is 10.1 Å². The van der Waals surface area contributed by atoms with E-state index in [4.69, 9.17) is 9.73 Å². The van der Waals surface area contributed by atoms with Gasteiger partial charge in [0.1, 0.15) is 12.0 Å². The zero-order valence-electron chi connectivity index (χ0n) is 14.1. The predicted molar refractivity (Wildman–Crippen MR) is 96.4 cm³/mol. The van der Waals surface area contributed by atoms with Crippen molar-refractivity contribution in [2.75, 3.05) is 11.1 Å². The van der Waals surface area contributed by atoms with Crippen LogP contribution in [0.1, 0.15) is 39.5 Å². The summed E-state index contributed by atoms with van der Waals surface area (Å²) in [7, 11) is 0. The predicted octanol–water partition coefficient (Wildman–Crippen LogP) is 2.99. The van der Waals surface area contributed by atoms with Crippen LogP contribution in [0.4, 0.5) is 10.6 Å². The maximum atomic E-state index is 11.7. The molecule has 1 amide bonds. The molecule has 3 rings (SSSR count). The first kappa shape index (κ1) is 17.1. The van der Waals surface area contributed by atoms with Crippen LogP contribution in [0.2, 0.25) is 0 Å². The fourth-order valence-electron chi connectivity index (χ4n) is 3.10. The second-order valence-corrected chi connectivity index (χ2v) is 7.59. The number of rotatable bonds is 5. The zero-order chi connectivity index (χ0) is 16.9. The van der Waals surface area contributed by atoms with Crippen molar-refractivity contribution in [3.05, 3.63) is 12.3 Å². The number of H-pyrrole nitrogens is 1. The number of nitrogens with one attached hydrogen (secondary N) is 3. The number of hydrogen-bond acceptors (Lipinski definition) is 6. The van der Waals surface area contributed by atoms with Gasteiger partial charge in [-0.25, -0.2) is 4.79 Å². The van der Waals surface area contributed by atoms with Gasteiger partial charge in [0, 0.05) is 23.9 Å². The first-order valence-electron chi connectivity index (χ1n) is 8.54. The second kappa shape index (κ2) is 7.92. The van der Waals surface area contributed by atoms with Crippen LogP contribution < -0.4 is 10.6 Å². The van der Waals surface area contributed by atoms with Crippen LogP contribution in [0, 0.1) is 5.92 Å². The number of carbonyl (C=O) groups excluding carboxylic acids is 1. The number of aliphatic imine (C=N–C) groups is 1. The Balaban J connectivity index is 1.44. The number of aromatic amines is 1. The molecule has 2 heterocycles. The van der Waals surface area contributed by atoms with E-state index in [0.29, 0.717) is 5.92 Å². The number of carbonyl (C=O) groups is 1. The van der Waals surface area contributed by atoms with E-state index >= 15 is 0 Å². The summed E-state index contributed by atoms with van der Waals surface area (Å²) < 4.78 is 5.15. The van der Waals surface area contributed by atoms with Crippen LogP contribution >= 0.6 is 11.8 Å². The Labute approximate surface area is 146 Å². The van der Waals surface area contributed by atoms with Gasteiger partial charge in [0.2, 0.25) is 0 Å². The smallest absolute Gasteiger partial charge is 0.407 e. The van der Waals surface area contributed by atoms with Gasteiger partial charge < -0.3 is 15.4 Å². The summed E-state index contributed by atoms with van der Waals surface area (Å²) in [5, 5.41) is 14.4. The summed E-state index contributed by atoms with van der Waals surface area (Å²) in [5.74, 6) is 2.29. The number of amides is 1. The van der Waals surface area contributed by atoms with E-state index in [1.165, 1.54) is 5.04 Å². The molecule has 2 aliphatic rings. The van der Waals surface area contributed by atoms with Crippen LogP contribution in [0.3, 0.4) is 0 Å². The van der Waals surface area contributed by atoms with E-state index in [-0.39, 0.29) is 24.4 Å². The molecular formula is C16H25N5O2S.